The van der Waals surface area contributed by atoms with Gasteiger partial charge in [-0.25, -0.2) is 0 Å². The maximum atomic E-state index is 4.91. The van der Waals surface area contributed by atoms with E-state index in [1.165, 1.54) is 7.11 Å². The lowest BCUT2D eigenvalue weighted by atomic mass is 10.1. The first kappa shape index (κ1) is 17.1. The molecule has 0 aliphatic heterocycles. The van der Waals surface area contributed by atoms with Crippen molar-refractivity contribution in [2.24, 2.45) is 5.16 Å². The van der Waals surface area contributed by atoms with Crippen molar-refractivity contribution in [2.75, 3.05) is 20.8 Å². The maximum Gasteiger partial charge on any atom is 0.106 e. The van der Waals surface area contributed by atoms with Crippen LogP contribution in [0.1, 0.15) is 20.8 Å². The predicted octanol–water partition coefficient (Wildman–Crippen LogP) is 3.35. The first-order valence-electron chi connectivity index (χ1n) is 5.23. The SMILES string of the molecule is C=C(/C=C\C(=C)/C(C)=N/OC)COC.CC. The molecule has 0 aliphatic carbocycles. The van der Waals surface area contributed by atoms with E-state index < -0.39 is 0 Å². The van der Waals surface area contributed by atoms with Crippen LogP contribution < -0.4 is 0 Å². The highest BCUT2D eigenvalue weighted by molar-refractivity contribution is 5.99. The summed E-state index contributed by atoms with van der Waals surface area (Å²) in [4.78, 5) is 4.63. The van der Waals surface area contributed by atoms with Gasteiger partial charge >= 0.3 is 0 Å². The quantitative estimate of drug-likeness (QED) is 0.394. The molecule has 0 saturated heterocycles. The first-order valence-corrected chi connectivity index (χ1v) is 5.23. The predicted molar refractivity (Wildman–Crippen MR) is 70.8 cm³/mol. The molecule has 0 radical (unpaired) electrons. The van der Waals surface area contributed by atoms with Crippen molar-refractivity contribution in [3.8, 4) is 0 Å². The van der Waals surface area contributed by atoms with Crippen LogP contribution in [0.15, 0.2) is 41.6 Å². The van der Waals surface area contributed by atoms with Crippen LogP contribution in [0.4, 0.5) is 0 Å². The highest BCUT2D eigenvalue weighted by Crippen LogP contribution is 2.01. The summed E-state index contributed by atoms with van der Waals surface area (Å²) in [5.74, 6) is 0. The molecule has 0 atom stereocenters. The second-order valence-electron chi connectivity index (χ2n) is 2.81. The third kappa shape index (κ3) is 9.21. The van der Waals surface area contributed by atoms with Crippen LogP contribution in [0.5, 0.6) is 0 Å². The van der Waals surface area contributed by atoms with E-state index in [2.05, 4.69) is 23.2 Å². The molecule has 0 unspecified atom stereocenters. The molecule has 0 heterocycles. The third-order valence-electron chi connectivity index (χ3n) is 1.54. The summed E-state index contributed by atoms with van der Waals surface area (Å²) in [5, 5.41) is 3.75. The number of hydrogen-bond acceptors (Lipinski definition) is 3. The van der Waals surface area contributed by atoms with Gasteiger partial charge in [0.05, 0.1) is 12.3 Å². The summed E-state index contributed by atoms with van der Waals surface area (Å²) in [6.07, 6.45) is 3.68. The molecule has 0 rings (SSSR count). The zero-order valence-electron chi connectivity index (χ0n) is 11.0. The Bertz CT molecular complexity index is 265. The van der Waals surface area contributed by atoms with E-state index in [1.54, 1.807) is 7.11 Å². The first-order chi connectivity index (χ1) is 7.61. The van der Waals surface area contributed by atoms with Gasteiger partial charge in [-0.2, -0.15) is 0 Å². The number of hydrogen-bond donors (Lipinski definition) is 0. The highest BCUT2D eigenvalue weighted by atomic mass is 16.6. The van der Waals surface area contributed by atoms with Crippen LogP contribution in [0.2, 0.25) is 0 Å². The summed E-state index contributed by atoms with van der Waals surface area (Å²) in [6.45, 7) is 14.0. The molecule has 0 bridgehead atoms. The summed E-state index contributed by atoms with van der Waals surface area (Å²) >= 11 is 0. The average molecular weight is 225 g/mol. The van der Waals surface area contributed by atoms with E-state index in [0.29, 0.717) is 6.61 Å². The van der Waals surface area contributed by atoms with Crippen molar-refractivity contribution in [3.05, 3.63) is 36.5 Å². The molecule has 0 aromatic carbocycles. The van der Waals surface area contributed by atoms with Crippen molar-refractivity contribution in [3.63, 3.8) is 0 Å². The third-order valence-corrected chi connectivity index (χ3v) is 1.54. The van der Waals surface area contributed by atoms with Crippen LogP contribution in [0, 0.1) is 0 Å². The molecule has 92 valence electrons. The molecule has 0 spiro atoms. The van der Waals surface area contributed by atoms with E-state index in [-0.39, 0.29) is 0 Å². The minimum atomic E-state index is 0.518. The van der Waals surface area contributed by atoms with Crippen molar-refractivity contribution in [2.45, 2.75) is 20.8 Å². The Labute approximate surface area is 99.1 Å². The van der Waals surface area contributed by atoms with Gasteiger partial charge in [0.15, 0.2) is 0 Å². The van der Waals surface area contributed by atoms with Crippen molar-refractivity contribution in [1.29, 1.82) is 0 Å². The van der Waals surface area contributed by atoms with Gasteiger partial charge in [-0.15, -0.1) is 0 Å². The number of ether oxygens (including phenoxy) is 1. The Morgan fingerprint density at radius 3 is 2.19 bits per heavy atom. The van der Waals surface area contributed by atoms with Crippen LogP contribution in [-0.4, -0.2) is 26.5 Å². The van der Waals surface area contributed by atoms with E-state index >= 15 is 0 Å². The molecule has 16 heavy (non-hydrogen) atoms. The summed E-state index contributed by atoms with van der Waals surface area (Å²) in [7, 11) is 3.13. The van der Waals surface area contributed by atoms with Crippen molar-refractivity contribution in [1.82, 2.24) is 0 Å². The summed E-state index contributed by atoms with van der Waals surface area (Å²) < 4.78 is 4.91. The minimum Gasteiger partial charge on any atom is -0.399 e. The van der Waals surface area contributed by atoms with Gasteiger partial charge in [0.25, 0.3) is 0 Å². The Morgan fingerprint density at radius 1 is 1.19 bits per heavy atom. The molecular formula is C13H23NO2. The molecule has 0 aromatic rings. The Hall–Kier alpha value is -1.35. The number of nitrogens with zero attached hydrogens (tertiary/aromatic N) is 1. The van der Waals surface area contributed by atoms with E-state index in [9.17, 15) is 0 Å². The zero-order chi connectivity index (χ0) is 13.0. The second-order valence-corrected chi connectivity index (χ2v) is 2.81. The fraction of sp³-hybridized carbons (Fsp3) is 0.462. The molecule has 0 saturated carbocycles. The van der Waals surface area contributed by atoms with Gasteiger partial charge in [-0.05, 0) is 18.1 Å². The number of allylic oxidation sites excluding steroid dienone is 2. The standard InChI is InChI=1S/C11H17NO2.C2H6/c1-9(8-13-4)6-7-10(2)11(3)12-14-5;1-2/h6-7H,1-2,8H2,3-5H3;1-2H3/b7-6-,12-11+;. The van der Waals surface area contributed by atoms with Crippen LogP contribution in [-0.2, 0) is 9.57 Å². The Kier molecular flexibility index (Phi) is 12.5. The van der Waals surface area contributed by atoms with Gasteiger partial charge in [-0.1, -0.05) is 44.3 Å². The van der Waals surface area contributed by atoms with Gasteiger partial charge in [0.2, 0.25) is 0 Å². The largest absolute Gasteiger partial charge is 0.399 e. The van der Waals surface area contributed by atoms with Crippen molar-refractivity contribution < 1.29 is 9.57 Å². The van der Waals surface area contributed by atoms with Gasteiger partial charge in [0, 0.05) is 7.11 Å². The zero-order valence-corrected chi connectivity index (χ0v) is 11.0. The monoisotopic (exact) mass is 225 g/mol. The average Bonchev–Trinajstić information content (AvgIpc) is 2.29. The van der Waals surface area contributed by atoms with Gasteiger partial charge in [0.1, 0.15) is 7.11 Å². The van der Waals surface area contributed by atoms with Crippen LogP contribution in [0.25, 0.3) is 0 Å². The van der Waals surface area contributed by atoms with E-state index in [4.69, 9.17) is 4.74 Å². The molecular weight excluding hydrogens is 202 g/mol. The second kappa shape index (κ2) is 11.7. The number of rotatable bonds is 6. The lowest BCUT2D eigenvalue weighted by molar-refractivity contribution is 0.213. The Balaban J connectivity index is 0. The van der Waals surface area contributed by atoms with Crippen LogP contribution >= 0.6 is 0 Å². The minimum absolute atomic E-state index is 0.518. The number of methoxy groups -OCH3 is 1. The van der Waals surface area contributed by atoms with Gasteiger partial charge in [-0.3, -0.25) is 0 Å². The topological polar surface area (TPSA) is 30.8 Å². The van der Waals surface area contributed by atoms with E-state index in [1.807, 2.05) is 32.9 Å². The summed E-state index contributed by atoms with van der Waals surface area (Å²) in [6, 6.07) is 0. The smallest absolute Gasteiger partial charge is 0.106 e. The lowest BCUT2D eigenvalue weighted by Gasteiger charge is -1.99. The normalized spacial score (nSPS) is 10.7. The van der Waals surface area contributed by atoms with Crippen LogP contribution in [0.3, 0.4) is 0 Å². The fourth-order valence-corrected chi connectivity index (χ4v) is 0.768. The number of oxime groups is 1. The fourth-order valence-electron chi connectivity index (χ4n) is 0.768. The molecule has 3 nitrogen and oxygen atoms in total. The van der Waals surface area contributed by atoms with Crippen molar-refractivity contribution >= 4 is 5.71 Å². The highest BCUT2D eigenvalue weighted by Gasteiger charge is 1.94. The molecule has 0 amide bonds. The molecule has 0 aromatic heterocycles. The molecule has 3 heteroatoms. The maximum absolute atomic E-state index is 4.91. The molecule has 0 N–H and O–H groups in total. The summed E-state index contributed by atoms with van der Waals surface area (Å²) in [5.41, 5.74) is 2.43. The molecule has 0 fully saturated rings. The lowest BCUT2D eigenvalue weighted by Crippen LogP contribution is -1.94. The molecule has 0 aliphatic rings. The van der Waals surface area contributed by atoms with E-state index in [0.717, 1.165) is 16.9 Å². The van der Waals surface area contributed by atoms with Gasteiger partial charge < -0.3 is 9.57 Å². The Morgan fingerprint density at radius 2 is 1.75 bits per heavy atom.